The lowest BCUT2D eigenvalue weighted by molar-refractivity contribution is 0.464. The standard InChI is InChI=1S/C11H7Cl4N3O/c1-4-9(16)10(18-11(15)17-4)19-8-3-6(13)5(12)2-7(8)14/h2-3H,16H2,1H3. The van der Waals surface area contributed by atoms with Crippen LogP contribution in [-0.2, 0) is 0 Å². The lowest BCUT2D eigenvalue weighted by atomic mass is 10.3. The normalized spacial score (nSPS) is 10.6. The van der Waals surface area contributed by atoms with Crippen molar-refractivity contribution < 1.29 is 4.74 Å². The maximum Gasteiger partial charge on any atom is 0.247 e. The summed E-state index contributed by atoms with van der Waals surface area (Å²) in [5.41, 5.74) is 6.58. The molecule has 0 saturated heterocycles. The molecular weight excluding hydrogens is 332 g/mol. The third-order valence-corrected chi connectivity index (χ3v) is 3.44. The molecule has 4 nitrogen and oxygen atoms in total. The molecule has 1 aromatic heterocycles. The Morgan fingerprint density at radius 1 is 1.00 bits per heavy atom. The van der Waals surface area contributed by atoms with Gasteiger partial charge in [-0.25, -0.2) is 4.98 Å². The summed E-state index contributed by atoms with van der Waals surface area (Å²) >= 11 is 23.5. The molecule has 0 atom stereocenters. The number of halogens is 4. The number of benzene rings is 1. The molecule has 2 rings (SSSR count). The van der Waals surface area contributed by atoms with Gasteiger partial charge in [0.25, 0.3) is 0 Å². The fourth-order valence-corrected chi connectivity index (χ4v) is 2.07. The summed E-state index contributed by atoms with van der Waals surface area (Å²) in [5, 5.41) is 0.930. The van der Waals surface area contributed by atoms with Gasteiger partial charge in [-0.15, -0.1) is 0 Å². The molecule has 0 saturated carbocycles. The number of nitrogens with two attached hydrogens (primary N) is 1. The van der Waals surface area contributed by atoms with Crippen LogP contribution in [0.3, 0.4) is 0 Å². The molecule has 8 heteroatoms. The van der Waals surface area contributed by atoms with E-state index in [4.69, 9.17) is 56.9 Å². The fourth-order valence-electron chi connectivity index (χ4n) is 1.29. The molecule has 1 heterocycles. The van der Waals surface area contributed by atoms with Gasteiger partial charge in [-0.1, -0.05) is 34.8 Å². The lowest BCUT2D eigenvalue weighted by Crippen LogP contribution is -2.01. The van der Waals surface area contributed by atoms with E-state index in [0.29, 0.717) is 15.7 Å². The van der Waals surface area contributed by atoms with Crippen LogP contribution in [0.1, 0.15) is 5.69 Å². The van der Waals surface area contributed by atoms with E-state index in [1.54, 1.807) is 6.92 Å². The predicted molar refractivity (Wildman–Crippen MR) is 77.7 cm³/mol. The maximum atomic E-state index is 6.00. The molecule has 0 amide bonds. The van der Waals surface area contributed by atoms with Crippen molar-refractivity contribution >= 4 is 52.1 Å². The highest BCUT2D eigenvalue weighted by Crippen LogP contribution is 2.37. The van der Waals surface area contributed by atoms with Crippen molar-refractivity contribution in [3.8, 4) is 11.6 Å². The number of aromatic nitrogens is 2. The van der Waals surface area contributed by atoms with Crippen LogP contribution in [0.15, 0.2) is 12.1 Å². The van der Waals surface area contributed by atoms with Gasteiger partial charge in [-0.3, -0.25) is 0 Å². The maximum absolute atomic E-state index is 6.00. The van der Waals surface area contributed by atoms with Crippen molar-refractivity contribution in [1.82, 2.24) is 9.97 Å². The number of anilines is 1. The van der Waals surface area contributed by atoms with Crippen LogP contribution in [0.5, 0.6) is 11.6 Å². The molecular formula is C11H7Cl4N3O. The Labute approximate surface area is 129 Å². The van der Waals surface area contributed by atoms with Gasteiger partial charge < -0.3 is 10.5 Å². The summed E-state index contributed by atoms with van der Waals surface area (Å²) in [5.74, 6) is 0.384. The van der Waals surface area contributed by atoms with Crippen LogP contribution in [0, 0.1) is 6.92 Å². The first-order chi connectivity index (χ1) is 8.88. The number of rotatable bonds is 2. The highest BCUT2D eigenvalue weighted by molar-refractivity contribution is 6.43. The second-order valence-electron chi connectivity index (χ2n) is 3.60. The minimum Gasteiger partial charge on any atom is -0.435 e. The monoisotopic (exact) mass is 337 g/mol. The van der Waals surface area contributed by atoms with E-state index in [1.165, 1.54) is 12.1 Å². The van der Waals surface area contributed by atoms with Crippen molar-refractivity contribution in [2.45, 2.75) is 6.92 Å². The van der Waals surface area contributed by atoms with E-state index in [2.05, 4.69) is 9.97 Å². The Balaban J connectivity index is 2.44. The molecule has 0 unspecified atom stereocenters. The molecule has 0 bridgehead atoms. The van der Waals surface area contributed by atoms with Gasteiger partial charge in [-0.2, -0.15) is 4.98 Å². The molecule has 0 aliphatic heterocycles. The van der Waals surface area contributed by atoms with Crippen LogP contribution < -0.4 is 10.5 Å². The largest absolute Gasteiger partial charge is 0.435 e. The van der Waals surface area contributed by atoms with E-state index >= 15 is 0 Å². The van der Waals surface area contributed by atoms with Gasteiger partial charge in [0.15, 0.2) is 0 Å². The lowest BCUT2D eigenvalue weighted by Gasteiger charge is -2.11. The molecule has 1 aromatic carbocycles. The summed E-state index contributed by atoms with van der Waals surface area (Å²) in [7, 11) is 0. The Morgan fingerprint density at radius 2 is 1.63 bits per heavy atom. The Bertz CT molecular complexity index is 648. The predicted octanol–water partition coefficient (Wildman–Crippen LogP) is 4.77. The van der Waals surface area contributed by atoms with Gasteiger partial charge in [-0.05, 0) is 24.6 Å². The highest BCUT2D eigenvalue weighted by Gasteiger charge is 2.13. The zero-order valence-electron chi connectivity index (χ0n) is 9.55. The summed E-state index contributed by atoms with van der Waals surface area (Å²) in [6.45, 7) is 1.69. The number of hydrogen-bond acceptors (Lipinski definition) is 4. The SMILES string of the molecule is Cc1nc(Cl)nc(Oc2cc(Cl)c(Cl)cc2Cl)c1N. The van der Waals surface area contributed by atoms with Crippen molar-refractivity contribution in [2.75, 3.05) is 5.73 Å². The van der Waals surface area contributed by atoms with E-state index in [1.807, 2.05) is 0 Å². The molecule has 100 valence electrons. The van der Waals surface area contributed by atoms with Gasteiger partial charge in [0.2, 0.25) is 11.2 Å². The molecule has 19 heavy (non-hydrogen) atoms. The number of nitrogens with zero attached hydrogens (tertiary/aromatic N) is 2. The minimum absolute atomic E-state index is 0.0258. The number of aryl methyl sites for hydroxylation is 1. The Hall–Kier alpha value is -0.940. The zero-order valence-corrected chi connectivity index (χ0v) is 12.6. The molecule has 0 spiro atoms. The molecule has 0 radical (unpaired) electrons. The van der Waals surface area contributed by atoms with Gasteiger partial charge in [0.1, 0.15) is 11.4 Å². The average Bonchev–Trinajstić information content (AvgIpc) is 2.32. The van der Waals surface area contributed by atoms with Crippen LogP contribution in [-0.4, -0.2) is 9.97 Å². The molecule has 2 aromatic rings. The van der Waals surface area contributed by atoms with E-state index in [-0.39, 0.29) is 27.6 Å². The van der Waals surface area contributed by atoms with Gasteiger partial charge in [0, 0.05) is 6.07 Å². The third kappa shape index (κ3) is 3.15. The fraction of sp³-hybridized carbons (Fsp3) is 0.0909. The van der Waals surface area contributed by atoms with Crippen molar-refractivity contribution in [1.29, 1.82) is 0 Å². The number of ether oxygens (including phenoxy) is 1. The van der Waals surface area contributed by atoms with Crippen LogP contribution in [0.4, 0.5) is 5.69 Å². The summed E-state index contributed by atoms with van der Waals surface area (Å²) in [6, 6.07) is 2.93. The van der Waals surface area contributed by atoms with E-state index in [9.17, 15) is 0 Å². The highest BCUT2D eigenvalue weighted by atomic mass is 35.5. The first kappa shape index (κ1) is 14.5. The van der Waals surface area contributed by atoms with Crippen molar-refractivity contribution in [3.05, 3.63) is 38.2 Å². The van der Waals surface area contributed by atoms with Crippen molar-refractivity contribution in [3.63, 3.8) is 0 Å². The van der Waals surface area contributed by atoms with E-state index in [0.717, 1.165) is 0 Å². The van der Waals surface area contributed by atoms with Crippen LogP contribution >= 0.6 is 46.4 Å². The van der Waals surface area contributed by atoms with Gasteiger partial charge >= 0.3 is 0 Å². The topological polar surface area (TPSA) is 61.0 Å². The number of nitrogen functional groups attached to an aromatic ring is 1. The van der Waals surface area contributed by atoms with Gasteiger partial charge in [0.05, 0.1) is 20.8 Å². The van der Waals surface area contributed by atoms with Crippen LogP contribution in [0.25, 0.3) is 0 Å². The second-order valence-corrected chi connectivity index (χ2v) is 5.16. The average molecular weight is 339 g/mol. The summed E-state index contributed by atoms with van der Waals surface area (Å²) in [6.07, 6.45) is 0. The zero-order chi connectivity index (χ0) is 14.2. The molecule has 0 aliphatic rings. The summed E-state index contributed by atoms with van der Waals surface area (Å²) in [4.78, 5) is 7.79. The minimum atomic E-state index is 0.0258. The number of hydrogen-bond donors (Lipinski definition) is 1. The van der Waals surface area contributed by atoms with Crippen LogP contribution in [0.2, 0.25) is 20.4 Å². The second kappa shape index (κ2) is 5.59. The van der Waals surface area contributed by atoms with Crippen molar-refractivity contribution in [2.24, 2.45) is 0 Å². The first-order valence-corrected chi connectivity index (χ1v) is 6.51. The first-order valence-electron chi connectivity index (χ1n) is 5.00. The Morgan fingerprint density at radius 3 is 2.32 bits per heavy atom. The van der Waals surface area contributed by atoms with E-state index < -0.39 is 0 Å². The smallest absolute Gasteiger partial charge is 0.247 e. The Kier molecular flexibility index (Phi) is 4.26. The quantitative estimate of drug-likeness (QED) is 0.632. The summed E-state index contributed by atoms with van der Waals surface area (Å²) < 4.78 is 5.50. The molecule has 2 N–H and O–H groups in total. The molecule has 0 aliphatic carbocycles. The third-order valence-electron chi connectivity index (χ3n) is 2.26. The molecule has 0 fully saturated rings.